The lowest BCUT2D eigenvalue weighted by molar-refractivity contribution is -0.121. The molecule has 0 spiro atoms. The molecule has 5 rings (SSSR count). The predicted molar refractivity (Wildman–Crippen MR) is 133 cm³/mol. The molecule has 0 bridgehead atoms. The molecule has 0 aliphatic carbocycles. The Bertz CT molecular complexity index is 1350. The molecule has 190 valence electrons. The summed E-state index contributed by atoms with van der Waals surface area (Å²) in [6.45, 7) is 2.12. The fraction of sp³-hybridized carbons (Fsp3) is 0.259. The van der Waals surface area contributed by atoms with Crippen molar-refractivity contribution in [2.45, 2.75) is 25.9 Å². The Labute approximate surface area is 212 Å². The van der Waals surface area contributed by atoms with Crippen LogP contribution < -0.4 is 10.6 Å². The van der Waals surface area contributed by atoms with Gasteiger partial charge >= 0.3 is 0 Å². The van der Waals surface area contributed by atoms with E-state index in [-0.39, 0.29) is 30.1 Å². The SMILES string of the molecule is O=C(NCc1ccco1)c1ccccc1NC(=O)C1CCN(Cc2nc(-c3ccc(F)cc3)no2)CC1. The molecule has 1 aliphatic rings. The molecule has 4 aromatic rings. The van der Waals surface area contributed by atoms with Crippen LogP contribution in [-0.2, 0) is 17.9 Å². The number of nitrogens with zero attached hydrogens (tertiary/aromatic N) is 3. The van der Waals surface area contributed by atoms with Gasteiger partial charge in [0.05, 0.1) is 30.6 Å². The van der Waals surface area contributed by atoms with Crippen LogP contribution in [0.15, 0.2) is 75.9 Å². The van der Waals surface area contributed by atoms with Gasteiger partial charge in [-0.2, -0.15) is 4.98 Å². The monoisotopic (exact) mass is 503 g/mol. The average Bonchev–Trinajstić information content (AvgIpc) is 3.61. The first-order valence-corrected chi connectivity index (χ1v) is 12.1. The van der Waals surface area contributed by atoms with Crippen LogP contribution in [0.1, 0.15) is 34.9 Å². The predicted octanol–water partition coefficient (Wildman–Crippen LogP) is 4.25. The number of nitrogens with one attached hydrogen (secondary N) is 2. The molecule has 2 amide bonds. The zero-order valence-electron chi connectivity index (χ0n) is 20.0. The molecule has 10 heteroatoms. The smallest absolute Gasteiger partial charge is 0.253 e. The number of carbonyl (C=O) groups excluding carboxylic acids is 2. The van der Waals surface area contributed by atoms with Gasteiger partial charge in [0.1, 0.15) is 11.6 Å². The number of furan rings is 1. The molecule has 1 aliphatic heterocycles. The van der Waals surface area contributed by atoms with Crippen LogP contribution in [0.4, 0.5) is 10.1 Å². The van der Waals surface area contributed by atoms with Crippen LogP contribution in [0.25, 0.3) is 11.4 Å². The Kier molecular flexibility index (Phi) is 7.36. The standard InChI is InChI=1S/C27H26FN5O4/c28-20-9-7-18(8-10-20)25-31-24(37-32-25)17-33-13-11-19(12-14-33)26(34)30-23-6-2-1-5-22(23)27(35)29-16-21-4-3-15-36-21/h1-10,15,19H,11-14,16-17H2,(H,29,35)(H,30,34). The van der Waals surface area contributed by atoms with Crippen molar-refractivity contribution in [2.24, 2.45) is 5.92 Å². The quantitative estimate of drug-likeness (QED) is 0.370. The average molecular weight is 504 g/mol. The van der Waals surface area contributed by atoms with E-state index in [2.05, 4.69) is 25.7 Å². The number of halogens is 1. The Hall–Kier alpha value is -4.31. The number of amides is 2. The molecule has 0 atom stereocenters. The highest BCUT2D eigenvalue weighted by atomic mass is 19.1. The van der Waals surface area contributed by atoms with Gasteiger partial charge in [0.15, 0.2) is 0 Å². The van der Waals surface area contributed by atoms with E-state index in [1.807, 2.05) is 0 Å². The van der Waals surface area contributed by atoms with E-state index < -0.39 is 0 Å². The third kappa shape index (κ3) is 6.10. The Morgan fingerprint density at radius 2 is 1.81 bits per heavy atom. The summed E-state index contributed by atoms with van der Waals surface area (Å²) in [6, 6.07) is 16.4. The molecule has 37 heavy (non-hydrogen) atoms. The molecule has 0 saturated carbocycles. The molecule has 0 radical (unpaired) electrons. The lowest BCUT2D eigenvalue weighted by Gasteiger charge is -2.30. The minimum Gasteiger partial charge on any atom is -0.467 e. The summed E-state index contributed by atoms with van der Waals surface area (Å²) < 4.78 is 23.8. The van der Waals surface area contributed by atoms with Crippen LogP contribution in [-0.4, -0.2) is 39.9 Å². The van der Waals surface area contributed by atoms with E-state index in [4.69, 9.17) is 8.94 Å². The molecule has 3 heterocycles. The number of benzene rings is 2. The van der Waals surface area contributed by atoms with Crippen LogP contribution in [0, 0.1) is 11.7 Å². The van der Waals surface area contributed by atoms with E-state index in [0.717, 1.165) is 0 Å². The van der Waals surface area contributed by atoms with Gasteiger partial charge in [0.25, 0.3) is 5.91 Å². The van der Waals surface area contributed by atoms with Crippen molar-refractivity contribution in [3.63, 3.8) is 0 Å². The maximum Gasteiger partial charge on any atom is 0.253 e. The fourth-order valence-corrected chi connectivity index (χ4v) is 4.28. The number of carbonyl (C=O) groups is 2. The van der Waals surface area contributed by atoms with Crippen molar-refractivity contribution < 1.29 is 22.9 Å². The number of hydrogen-bond donors (Lipinski definition) is 2. The minimum atomic E-state index is -0.323. The first-order chi connectivity index (χ1) is 18.0. The lowest BCUT2D eigenvalue weighted by Crippen LogP contribution is -2.38. The Morgan fingerprint density at radius 3 is 2.57 bits per heavy atom. The summed E-state index contributed by atoms with van der Waals surface area (Å²) in [6.07, 6.45) is 2.88. The van der Waals surface area contributed by atoms with Gasteiger partial charge in [-0.1, -0.05) is 17.3 Å². The number of rotatable bonds is 8. The van der Waals surface area contributed by atoms with Crippen molar-refractivity contribution in [1.82, 2.24) is 20.4 Å². The highest BCUT2D eigenvalue weighted by molar-refractivity contribution is 6.04. The second kappa shape index (κ2) is 11.2. The van der Waals surface area contributed by atoms with Crippen molar-refractivity contribution >= 4 is 17.5 Å². The molecule has 9 nitrogen and oxygen atoms in total. The summed E-state index contributed by atoms with van der Waals surface area (Å²) in [4.78, 5) is 32.2. The van der Waals surface area contributed by atoms with Crippen molar-refractivity contribution in [3.05, 3.63) is 90.0 Å². The molecule has 1 fully saturated rings. The molecule has 0 unspecified atom stereocenters. The summed E-state index contributed by atoms with van der Waals surface area (Å²) in [5.74, 6) is 0.634. The number of anilines is 1. The lowest BCUT2D eigenvalue weighted by atomic mass is 9.95. The molecule has 2 aromatic carbocycles. The van der Waals surface area contributed by atoms with Crippen LogP contribution in [0.3, 0.4) is 0 Å². The van der Waals surface area contributed by atoms with Gasteiger partial charge in [-0.25, -0.2) is 4.39 Å². The van der Waals surface area contributed by atoms with Gasteiger partial charge in [-0.3, -0.25) is 14.5 Å². The Balaban J connectivity index is 1.13. The second-order valence-electron chi connectivity index (χ2n) is 8.87. The Morgan fingerprint density at radius 1 is 1.03 bits per heavy atom. The zero-order valence-corrected chi connectivity index (χ0v) is 20.0. The van der Waals surface area contributed by atoms with Crippen molar-refractivity contribution in [3.8, 4) is 11.4 Å². The molecule has 2 aromatic heterocycles. The first-order valence-electron chi connectivity index (χ1n) is 12.1. The molecular weight excluding hydrogens is 477 g/mol. The van der Waals surface area contributed by atoms with Crippen LogP contribution in [0.5, 0.6) is 0 Å². The van der Waals surface area contributed by atoms with Gasteiger partial charge in [-0.15, -0.1) is 0 Å². The number of hydrogen-bond acceptors (Lipinski definition) is 7. The molecule has 1 saturated heterocycles. The third-order valence-electron chi connectivity index (χ3n) is 6.32. The summed E-state index contributed by atoms with van der Waals surface area (Å²) in [5.41, 5.74) is 1.56. The highest BCUT2D eigenvalue weighted by Crippen LogP contribution is 2.23. The third-order valence-corrected chi connectivity index (χ3v) is 6.32. The first kappa shape index (κ1) is 24.4. The van der Waals surface area contributed by atoms with Gasteiger partial charge in [0, 0.05) is 11.5 Å². The highest BCUT2D eigenvalue weighted by Gasteiger charge is 2.27. The van der Waals surface area contributed by atoms with Gasteiger partial charge in [0.2, 0.25) is 17.6 Å². The number of para-hydroxylation sites is 1. The van der Waals surface area contributed by atoms with E-state index in [0.29, 0.717) is 66.8 Å². The molecule has 2 N–H and O–H groups in total. The topological polar surface area (TPSA) is 114 Å². The molecular formula is C27H26FN5O4. The van der Waals surface area contributed by atoms with E-state index in [1.54, 1.807) is 54.8 Å². The minimum absolute atomic E-state index is 0.109. The van der Waals surface area contributed by atoms with Crippen molar-refractivity contribution in [1.29, 1.82) is 0 Å². The zero-order chi connectivity index (χ0) is 25.6. The number of aromatic nitrogens is 2. The van der Waals surface area contributed by atoms with Crippen LogP contribution in [0.2, 0.25) is 0 Å². The van der Waals surface area contributed by atoms with E-state index in [9.17, 15) is 14.0 Å². The summed E-state index contributed by atoms with van der Waals surface area (Å²) >= 11 is 0. The maximum atomic E-state index is 13.1. The van der Waals surface area contributed by atoms with Gasteiger partial charge < -0.3 is 19.6 Å². The van der Waals surface area contributed by atoms with Crippen LogP contribution >= 0.6 is 0 Å². The van der Waals surface area contributed by atoms with E-state index in [1.165, 1.54) is 12.1 Å². The van der Waals surface area contributed by atoms with Crippen molar-refractivity contribution in [2.75, 3.05) is 18.4 Å². The number of likely N-dealkylation sites (tertiary alicyclic amines) is 1. The normalized spacial score (nSPS) is 14.4. The summed E-state index contributed by atoms with van der Waals surface area (Å²) in [7, 11) is 0. The second-order valence-corrected chi connectivity index (χ2v) is 8.87. The maximum absolute atomic E-state index is 13.1. The van der Waals surface area contributed by atoms with Gasteiger partial charge in [-0.05, 0) is 74.5 Å². The number of piperidine rings is 1. The van der Waals surface area contributed by atoms with E-state index >= 15 is 0 Å². The summed E-state index contributed by atoms with van der Waals surface area (Å²) in [5, 5.41) is 9.73. The fourth-order valence-electron chi connectivity index (χ4n) is 4.28. The largest absolute Gasteiger partial charge is 0.467 e.